The minimum absolute atomic E-state index is 0.768. The highest BCUT2D eigenvalue weighted by molar-refractivity contribution is 5.05. The van der Waals surface area contributed by atoms with Crippen LogP contribution in [0.25, 0.3) is 0 Å². The molecule has 0 saturated heterocycles. The van der Waals surface area contributed by atoms with Crippen LogP contribution in [0.15, 0.2) is 0 Å². The summed E-state index contributed by atoms with van der Waals surface area (Å²) in [5.41, 5.74) is 0.768. The van der Waals surface area contributed by atoms with Gasteiger partial charge in [-0.25, -0.2) is 0 Å². The van der Waals surface area contributed by atoms with Gasteiger partial charge in [0.15, 0.2) is 0 Å². The van der Waals surface area contributed by atoms with Gasteiger partial charge in [0.1, 0.15) is 0 Å². The zero-order valence-electron chi connectivity index (χ0n) is 6.65. The van der Waals surface area contributed by atoms with Gasteiger partial charge in [-0.3, -0.25) is 0 Å². The van der Waals surface area contributed by atoms with Gasteiger partial charge in [-0.1, -0.05) is 20.8 Å². The predicted molar refractivity (Wildman–Crippen MR) is 39.2 cm³/mol. The Bertz CT molecular complexity index is 131. The quantitative estimate of drug-likeness (QED) is 0.465. The van der Waals surface area contributed by atoms with Gasteiger partial charge >= 0.3 is 0 Å². The Hall–Kier alpha value is 0. The monoisotopic (exact) mass is 124 g/mol. The van der Waals surface area contributed by atoms with Gasteiger partial charge in [0.2, 0.25) is 0 Å². The van der Waals surface area contributed by atoms with Crippen molar-refractivity contribution in [2.75, 3.05) is 0 Å². The third-order valence-corrected chi connectivity index (χ3v) is 4.09. The van der Waals surface area contributed by atoms with E-state index < -0.39 is 0 Å². The second kappa shape index (κ2) is 1.36. The van der Waals surface area contributed by atoms with E-state index in [1.54, 1.807) is 0 Å². The van der Waals surface area contributed by atoms with Crippen molar-refractivity contribution in [3.63, 3.8) is 0 Å². The van der Waals surface area contributed by atoms with Crippen LogP contribution in [-0.4, -0.2) is 0 Å². The Morgan fingerprint density at radius 1 is 1.22 bits per heavy atom. The molecule has 3 aliphatic carbocycles. The molecule has 3 fully saturated rings. The zero-order chi connectivity index (χ0) is 6.65. The molecular formula is C9H16. The molecule has 2 atom stereocenters. The molecule has 3 rings (SSSR count). The average molecular weight is 124 g/mol. The predicted octanol–water partition coefficient (Wildman–Crippen LogP) is 2.69. The van der Waals surface area contributed by atoms with E-state index in [2.05, 4.69) is 20.8 Å². The maximum absolute atomic E-state index is 2.46. The number of hydrogen-bond acceptors (Lipinski definition) is 0. The molecule has 3 aliphatic rings. The first-order valence-corrected chi connectivity index (χ1v) is 4.13. The summed E-state index contributed by atoms with van der Waals surface area (Å²) >= 11 is 0. The van der Waals surface area contributed by atoms with E-state index in [0.717, 1.165) is 23.2 Å². The zero-order valence-corrected chi connectivity index (χ0v) is 6.65. The highest BCUT2D eigenvalue weighted by Gasteiger charge is 2.55. The van der Waals surface area contributed by atoms with Gasteiger partial charge in [0, 0.05) is 0 Å². The Morgan fingerprint density at radius 3 is 1.89 bits per heavy atom. The summed E-state index contributed by atoms with van der Waals surface area (Å²) < 4.78 is 0. The second-order valence-electron chi connectivity index (χ2n) is 4.47. The van der Waals surface area contributed by atoms with Crippen molar-refractivity contribution in [1.29, 1.82) is 0 Å². The summed E-state index contributed by atoms with van der Waals surface area (Å²) in [7, 11) is 0. The van der Waals surface area contributed by atoms with Crippen LogP contribution in [0.5, 0.6) is 0 Å². The average Bonchev–Trinajstić information content (AvgIpc) is 1.99. The Kier molecular flexibility index (Phi) is 0.868. The fourth-order valence-corrected chi connectivity index (χ4v) is 2.92. The largest absolute Gasteiger partial charge is 0.0620 e. The number of rotatable bonds is 0. The minimum Gasteiger partial charge on any atom is -0.0620 e. The van der Waals surface area contributed by atoms with Gasteiger partial charge in [-0.15, -0.1) is 0 Å². The second-order valence-corrected chi connectivity index (χ2v) is 4.47. The fraction of sp³-hybridized carbons (Fsp3) is 1.00. The van der Waals surface area contributed by atoms with Crippen molar-refractivity contribution in [3.8, 4) is 0 Å². The Morgan fingerprint density at radius 2 is 1.78 bits per heavy atom. The van der Waals surface area contributed by atoms with Crippen molar-refractivity contribution in [3.05, 3.63) is 0 Å². The van der Waals surface area contributed by atoms with E-state index >= 15 is 0 Å². The highest BCUT2D eigenvalue weighted by Crippen LogP contribution is 2.64. The summed E-state index contributed by atoms with van der Waals surface area (Å²) in [6.07, 6.45) is 3.05. The summed E-state index contributed by atoms with van der Waals surface area (Å²) in [6, 6.07) is 0. The molecule has 1 unspecified atom stereocenters. The molecule has 52 valence electrons. The van der Waals surface area contributed by atoms with Crippen LogP contribution in [0.2, 0.25) is 0 Å². The summed E-state index contributed by atoms with van der Waals surface area (Å²) in [5, 5.41) is 0. The molecule has 0 aromatic heterocycles. The van der Waals surface area contributed by atoms with Crippen molar-refractivity contribution in [2.24, 2.45) is 23.2 Å². The Balaban J connectivity index is 2.23. The Labute approximate surface area is 57.6 Å². The first kappa shape index (κ1) is 5.76. The number of fused-ring (bicyclic) bond motifs is 1. The lowest BCUT2D eigenvalue weighted by molar-refractivity contribution is 0.138. The third-order valence-electron chi connectivity index (χ3n) is 4.09. The van der Waals surface area contributed by atoms with E-state index in [1.807, 2.05) is 0 Å². The minimum atomic E-state index is 0.768. The van der Waals surface area contributed by atoms with Gasteiger partial charge < -0.3 is 0 Å². The topological polar surface area (TPSA) is 0 Å². The molecular weight excluding hydrogens is 108 g/mol. The molecule has 0 heteroatoms. The smallest absolute Gasteiger partial charge is 0.0292 e. The lowest BCUT2D eigenvalue weighted by Gasteiger charge is -2.36. The summed E-state index contributed by atoms with van der Waals surface area (Å²) in [5.74, 6) is 3.13. The first-order valence-electron chi connectivity index (χ1n) is 4.13. The van der Waals surface area contributed by atoms with Gasteiger partial charge in [0.05, 0.1) is 0 Å². The maximum atomic E-state index is 2.46. The third kappa shape index (κ3) is 0.500. The van der Waals surface area contributed by atoms with E-state index in [0.29, 0.717) is 0 Å². The van der Waals surface area contributed by atoms with E-state index in [-0.39, 0.29) is 0 Å². The van der Waals surface area contributed by atoms with Crippen LogP contribution in [0.1, 0.15) is 33.6 Å². The van der Waals surface area contributed by atoms with Crippen LogP contribution in [0.4, 0.5) is 0 Å². The molecule has 9 heavy (non-hydrogen) atoms. The first-order chi connectivity index (χ1) is 4.13. The van der Waals surface area contributed by atoms with E-state index in [1.165, 1.54) is 12.8 Å². The molecule has 0 N–H and O–H groups in total. The lowest BCUT2D eigenvalue weighted by atomic mass is 9.69. The van der Waals surface area contributed by atoms with Crippen molar-refractivity contribution >= 4 is 0 Å². The van der Waals surface area contributed by atoms with Crippen molar-refractivity contribution in [1.82, 2.24) is 0 Å². The lowest BCUT2D eigenvalue weighted by Crippen LogP contribution is -2.26. The highest BCUT2D eigenvalue weighted by atomic mass is 14.6. The standard InChI is InChI=1S/C9H16/c1-6-7(2)9(3)4-8(6)5-9/h6-8H,4-5H2,1-3H3/t6?,7-,8?,9?/m1/s1. The molecule has 2 bridgehead atoms. The van der Waals surface area contributed by atoms with Crippen LogP contribution in [0, 0.1) is 23.2 Å². The molecule has 0 aromatic rings. The van der Waals surface area contributed by atoms with Crippen LogP contribution in [-0.2, 0) is 0 Å². The molecule has 0 amide bonds. The van der Waals surface area contributed by atoms with E-state index in [4.69, 9.17) is 0 Å². The number of hydrogen-bond donors (Lipinski definition) is 0. The molecule has 0 heterocycles. The van der Waals surface area contributed by atoms with E-state index in [9.17, 15) is 0 Å². The molecule has 0 aliphatic heterocycles. The molecule has 0 aromatic carbocycles. The normalized spacial score (nSPS) is 63.7. The van der Waals surface area contributed by atoms with Crippen molar-refractivity contribution in [2.45, 2.75) is 33.6 Å². The molecule has 0 nitrogen and oxygen atoms in total. The fourth-order valence-electron chi connectivity index (χ4n) is 2.92. The van der Waals surface area contributed by atoms with Gasteiger partial charge in [0.25, 0.3) is 0 Å². The molecule has 3 saturated carbocycles. The molecule has 0 radical (unpaired) electrons. The summed E-state index contributed by atoms with van der Waals surface area (Å²) in [4.78, 5) is 0. The van der Waals surface area contributed by atoms with Crippen LogP contribution >= 0.6 is 0 Å². The maximum Gasteiger partial charge on any atom is -0.0292 e. The molecule has 0 spiro atoms. The van der Waals surface area contributed by atoms with Crippen molar-refractivity contribution < 1.29 is 0 Å². The van der Waals surface area contributed by atoms with Gasteiger partial charge in [-0.2, -0.15) is 0 Å². The van der Waals surface area contributed by atoms with Gasteiger partial charge in [-0.05, 0) is 36.0 Å². The van der Waals surface area contributed by atoms with Crippen LogP contribution < -0.4 is 0 Å². The van der Waals surface area contributed by atoms with Crippen LogP contribution in [0.3, 0.4) is 0 Å². The SMILES string of the molecule is CC1C2CC(C)(C2)[C@@H]1C. The summed E-state index contributed by atoms with van der Waals surface area (Å²) in [6.45, 7) is 7.31.